The number of carbonyl (C=O) groups is 2. The highest BCUT2D eigenvalue weighted by Gasteiger charge is 2.28. The van der Waals surface area contributed by atoms with E-state index in [1.54, 1.807) is 25.3 Å². The minimum absolute atomic E-state index is 0.0336. The second-order valence-electron chi connectivity index (χ2n) is 9.03. The van der Waals surface area contributed by atoms with E-state index in [1.807, 2.05) is 12.1 Å². The topological polar surface area (TPSA) is 113 Å². The molecule has 0 aliphatic heterocycles. The van der Waals surface area contributed by atoms with Gasteiger partial charge in [-0.05, 0) is 54.0 Å². The van der Waals surface area contributed by atoms with Crippen LogP contribution in [0.15, 0.2) is 42.5 Å². The zero-order valence-corrected chi connectivity index (χ0v) is 20.9. The SMILES string of the molecule is CCC(C)CC(NC(=N)NC(=O)Cc1ccc(OC)c(OC)c1)C(=O)N[C@@H]1CCc2ccccc21. The largest absolute Gasteiger partial charge is 0.493 e. The fraction of sp³-hybridized carbons (Fsp3) is 0.444. The summed E-state index contributed by atoms with van der Waals surface area (Å²) in [6, 6.07) is 12.7. The molecule has 188 valence electrons. The molecule has 4 N–H and O–H groups in total. The van der Waals surface area contributed by atoms with Crippen LogP contribution in [0.25, 0.3) is 0 Å². The van der Waals surface area contributed by atoms with Crippen molar-refractivity contribution in [2.45, 2.75) is 58.0 Å². The number of benzene rings is 2. The Bertz CT molecular complexity index is 1060. The zero-order chi connectivity index (χ0) is 25.4. The minimum Gasteiger partial charge on any atom is -0.493 e. The van der Waals surface area contributed by atoms with Crippen molar-refractivity contribution in [2.75, 3.05) is 14.2 Å². The van der Waals surface area contributed by atoms with Gasteiger partial charge in [-0.2, -0.15) is 0 Å². The summed E-state index contributed by atoms with van der Waals surface area (Å²) in [6.07, 6.45) is 3.33. The number of methoxy groups -OCH3 is 2. The Kier molecular flexibility index (Phi) is 9.11. The molecule has 0 heterocycles. The van der Waals surface area contributed by atoms with E-state index >= 15 is 0 Å². The standard InChI is InChI=1S/C27H36N4O4/c1-5-17(2)14-22(26(33)29-21-12-11-19-8-6-7-9-20(19)21)30-27(28)31-25(32)16-18-10-13-23(34-3)24(15-18)35-4/h6-10,13,15,17,21-22H,5,11-12,14,16H2,1-4H3,(H,29,33)(H3,28,30,31,32)/t17?,21-,22?/m1/s1. The van der Waals surface area contributed by atoms with E-state index in [1.165, 1.54) is 12.7 Å². The zero-order valence-electron chi connectivity index (χ0n) is 20.9. The normalized spacial score (nSPS) is 15.9. The Morgan fingerprint density at radius 3 is 2.57 bits per heavy atom. The van der Waals surface area contributed by atoms with Gasteiger partial charge in [0.15, 0.2) is 17.5 Å². The summed E-state index contributed by atoms with van der Waals surface area (Å²) in [5, 5.41) is 16.9. The third kappa shape index (κ3) is 6.97. The summed E-state index contributed by atoms with van der Waals surface area (Å²) in [6.45, 7) is 4.15. The van der Waals surface area contributed by atoms with Crippen molar-refractivity contribution >= 4 is 17.8 Å². The highest BCUT2D eigenvalue weighted by Crippen LogP contribution is 2.31. The average Bonchev–Trinajstić information content (AvgIpc) is 3.25. The number of aryl methyl sites for hydroxylation is 1. The molecule has 2 amide bonds. The first-order chi connectivity index (χ1) is 16.8. The average molecular weight is 481 g/mol. The number of hydrogen-bond acceptors (Lipinski definition) is 5. The molecule has 1 aliphatic carbocycles. The number of ether oxygens (including phenoxy) is 2. The number of carbonyl (C=O) groups excluding carboxylic acids is 2. The molecule has 0 radical (unpaired) electrons. The molecule has 3 rings (SSSR count). The third-order valence-corrected chi connectivity index (χ3v) is 6.50. The second-order valence-corrected chi connectivity index (χ2v) is 9.03. The van der Waals surface area contributed by atoms with E-state index in [9.17, 15) is 9.59 Å². The Labute approximate surface area is 207 Å². The molecule has 2 aromatic rings. The maximum Gasteiger partial charge on any atom is 0.243 e. The molecule has 0 bridgehead atoms. The van der Waals surface area contributed by atoms with Crippen molar-refractivity contribution in [1.82, 2.24) is 16.0 Å². The monoisotopic (exact) mass is 480 g/mol. The van der Waals surface area contributed by atoms with Gasteiger partial charge in [-0.1, -0.05) is 50.6 Å². The molecule has 0 saturated heterocycles. The number of nitrogens with one attached hydrogen (secondary N) is 4. The predicted octanol–water partition coefficient (Wildman–Crippen LogP) is 3.50. The van der Waals surface area contributed by atoms with Crippen molar-refractivity contribution in [2.24, 2.45) is 5.92 Å². The van der Waals surface area contributed by atoms with Gasteiger partial charge in [-0.25, -0.2) is 0 Å². The molecule has 0 fully saturated rings. The van der Waals surface area contributed by atoms with Crippen LogP contribution in [0.5, 0.6) is 11.5 Å². The van der Waals surface area contributed by atoms with Gasteiger partial charge in [-0.3, -0.25) is 20.3 Å². The summed E-state index contributed by atoms with van der Waals surface area (Å²) >= 11 is 0. The first-order valence-corrected chi connectivity index (χ1v) is 12.1. The molecule has 1 aliphatic rings. The van der Waals surface area contributed by atoms with E-state index in [-0.39, 0.29) is 36.2 Å². The fourth-order valence-electron chi connectivity index (χ4n) is 4.35. The lowest BCUT2D eigenvalue weighted by atomic mass is 9.98. The molecule has 8 heteroatoms. The first-order valence-electron chi connectivity index (χ1n) is 12.1. The van der Waals surface area contributed by atoms with Crippen molar-refractivity contribution < 1.29 is 19.1 Å². The van der Waals surface area contributed by atoms with Crippen LogP contribution >= 0.6 is 0 Å². The number of amides is 2. The number of guanidine groups is 1. The number of fused-ring (bicyclic) bond motifs is 1. The Balaban J connectivity index is 1.60. The lowest BCUT2D eigenvalue weighted by Crippen LogP contribution is -2.52. The van der Waals surface area contributed by atoms with E-state index in [4.69, 9.17) is 14.9 Å². The van der Waals surface area contributed by atoms with Crippen LogP contribution in [-0.4, -0.2) is 38.0 Å². The van der Waals surface area contributed by atoms with Gasteiger partial charge in [0.05, 0.1) is 26.7 Å². The molecule has 0 saturated carbocycles. The molecule has 0 aromatic heterocycles. The molecular formula is C27H36N4O4. The van der Waals surface area contributed by atoms with Crippen LogP contribution in [0.1, 0.15) is 55.8 Å². The van der Waals surface area contributed by atoms with Crippen LogP contribution in [0.2, 0.25) is 0 Å². The predicted molar refractivity (Wildman–Crippen MR) is 136 cm³/mol. The first kappa shape index (κ1) is 26.1. The molecule has 2 aromatic carbocycles. The molecule has 3 atom stereocenters. The van der Waals surface area contributed by atoms with Crippen LogP contribution in [0.3, 0.4) is 0 Å². The highest BCUT2D eigenvalue weighted by molar-refractivity contribution is 5.98. The number of hydrogen-bond donors (Lipinski definition) is 4. The lowest BCUT2D eigenvalue weighted by molar-refractivity contribution is -0.124. The minimum atomic E-state index is -0.619. The second kappa shape index (κ2) is 12.2. The quantitative estimate of drug-likeness (QED) is 0.307. The van der Waals surface area contributed by atoms with E-state index in [0.717, 1.165) is 30.4 Å². The van der Waals surface area contributed by atoms with Gasteiger partial charge in [0, 0.05) is 0 Å². The third-order valence-electron chi connectivity index (χ3n) is 6.50. The summed E-state index contributed by atoms with van der Waals surface area (Å²) in [4.78, 5) is 25.8. The van der Waals surface area contributed by atoms with Gasteiger partial charge in [0.2, 0.25) is 11.8 Å². The highest BCUT2D eigenvalue weighted by atomic mass is 16.5. The van der Waals surface area contributed by atoms with E-state index in [2.05, 4.69) is 41.9 Å². The lowest BCUT2D eigenvalue weighted by Gasteiger charge is -2.24. The maximum absolute atomic E-state index is 13.2. The summed E-state index contributed by atoms with van der Waals surface area (Å²) in [5.41, 5.74) is 3.14. The van der Waals surface area contributed by atoms with E-state index in [0.29, 0.717) is 17.9 Å². The Hall–Kier alpha value is -3.55. The summed E-state index contributed by atoms with van der Waals surface area (Å²) < 4.78 is 10.5. The van der Waals surface area contributed by atoms with Gasteiger partial charge in [-0.15, -0.1) is 0 Å². The maximum atomic E-state index is 13.2. The number of rotatable bonds is 10. The van der Waals surface area contributed by atoms with Gasteiger partial charge >= 0.3 is 0 Å². The Morgan fingerprint density at radius 2 is 1.86 bits per heavy atom. The molecule has 2 unspecified atom stereocenters. The van der Waals surface area contributed by atoms with Crippen LogP contribution < -0.4 is 25.4 Å². The fourth-order valence-corrected chi connectivity index (χ4v) is 4.35. The van der Waals surface area contributed by atoms with E-state index < -0.39 is 6.04 Å². The molecule has 0 spiro atoms. The molecule has 35 heavy (non-hydrogen) atoms. The van der Waals surface area contributed by atoms with Gasteiger partial charge in [0.1, 0.15) is 6.04 Å². The van der Waals surface area contributed by atoms with Crippen LogP contribution in [-0.2, 0) is 22.4 Å². The van der Waals surface area contributed by atoms with Crippen LogP contribution in [0, 0.1) is 11.3 Å². The smallest absolute Gasteiger partial charge is 0.243 e. The summed E-state index contributed by atoms with van der Waals surface area (Å²) in [5.74, 6) is 0.683. The van der Waals surface area contributed by atoms with Gasteiger partial charge in [0.25, 0.3) is 0 Å². The van der Waals surface area contributed by atoms with Crippen molar-refractivity contribution in [1.29, 1.82) is 5.41 Å². The van der Waals surface area contributed by atoms with Crippen molar-refractivity contribution in [3.63, 3.8) is 0 Å². The molecule has 8 nitrogen and oxygen atoms in total. The van der Waals surface area contributed by atoms with Crippen molar-refractivity contribution in [3.05, 3.63) is 59.2 Å². The molecular weight excluding hydrogens is 444 g/mol. The Morgan fingerprint density at radius 1 is 1.11 bits per heavy atom. The van der Waals surface area contributed by atoms with Gasteiger partial charge < -0.3 is 20.1 Å². The summed E-state index contributed by atoms with van der Waals surface area (Å²) in [7, 11) is 3.09. The van der Waals surface area contributed by atoms with Crippen LogP contribution in [0.4, 0.5) is 0 Å². The van der Waals surface area contributed by atoms with Crippen molar-refractivity contribution in [3.8, 4) is 11.5 Å².